The molecule has 21 heavy (non-hydrogen) atoms. The molecular weight excluding hydrogens is 258 g/mol. The van der Waals surface area contributed by atoms with Gasteiger partial charge >= 0.3 is 0 Å². The SMILES string of the molecule is CCC(CC)CN(CC)Cc1ccc(N)c2cccnc12. The predicted molar refractivity (Wildman–Crippen MR) is 91.2 cm³/mol. The van der Waals surface area contributed by atoms with Gasteiger partial charge in [-0.25, -0.2) is 0 Å². The second kappa shape index (κ2) is 7.41. The lowest BCUT2D eigenvalue weighted by Crippen LogP contribution is -2.28. The van der Waals surface area contributed by atoms with Gasteiger partial charge in [0, 0.05) is 30.4 Å². The second-order valence-corrected chi connectivity index (χ2v) is 5.72. The van der Waals surface area contributed by atoms with E-state index in [0.29, 0.717) is 0 Å². The smallest absolute Gasteiger partial charge is 0.0767 e. The molecule has 3 heteroatoms. The van der Waals surface area contributed by atoms with Crippen molar-refractivity contribution in [1.82, 2.24) is 9.88 Å². The molecule has 0 aliphatic heterocycles. The fourth-order valence-corrected chi connectivity index (χ4v) is 2.84. The number of hydrogen-bond acceptors (Lipinski definition) is 3. The molecule has 3 nitrogen and oxygen atoms in total. The average molecular weight is 285 g/mol. The third kappa shape index (κ3) is 3.73. The molecule has 0 atom stereocenters. The van der Waals surface area contributed by atoms with Crippen molar-refractivity contribution in [3.05, 3.63) is 36.0 Å². The zero-order chi connectivity index (χ0) is 15.2. The van der Waals surface area contributed by atoms with E-state index >= 15 is 0 Å². The molecule has 2 rings (SSSR count). The number of fused-ring (bicyclic) bond motifs is 1. The number of hydrogen-bond donors (Lipinski definition) is 1. The van der Waals surface area contributed by atoms with Crippen LogP contribution in [0.2, 0.25) is 0 Å². The van der Waals surface area contributed by atoms with Gasteiger partial charge in [0.2, 0.25) is 0 Å². The van der Waals surface area contributed by atoms with E-state index in [-0.39, 0.29) is 0 Å². The van der Waals surface area contributed by atoms with Crippen molar-refractivity contribution < 1.29 is 0 Å². The van der Waals surface area contributed by atoms with Crippen molar-refractivity contribution in [3.8, 4) is 0 Å². The van der Waals surface area contributed by atoms with Crippen LogP contribution in [0.3, 0.4) is 0 Å². The van der Waals surface area contributed by atoms with Gasteiger partial charge in [-0.05, 0) is 36.2 Å². The molecule has 2 aromatic rings. The minimum atomic E-state index is 0.776. The third-order valence-electron chi connectivity index (χ3n) is 4.40. The Balaban J connectivity index is 2.23. The van der Waals surface area contributed by atoms with Crippen LogP contribution in [0.5, 0.6) is 0 Å². The minimum absolute atomic E-state index is 0.776. The largest absolute Gasteiger partial charge is 0.398 e. The summed E-state index contributed by atoms with van der Waals surface area (Å²) in [5, 5.41) is 1.06. The van der Waals surface area contributed by atoms with Crippen molar-refractivity contribution in [2.24, 2.45) is 5.92 Å². The number of pyridine rings is 1. The number of rotatable bonds is 7. The predicted octanol–water partition coefficient (Wildman–Crippen LogP) is 4.08. The molecular formula is C18H27N3. The number of benzene rings is 1. The van der Waals surface area contributed by atoms with Crippen molar-refractivity contribution in [2.45, 2.75) is 40.2 Å². The first kappa shape index (κ1) is 15.8. The normalized spacial score (nSPS) is 11.7. The summed E-state index contributed by atoms with van der Waals surface area (Å²) >= 11 is 0. The van der Waals surface area contributed by atoms with Crippen LogP contribution in [0.4, 0.5) is 5.69 Å². The van der Waals surface area contributed by atoms with E-state index < -0.39 is 0 Å². The van der Waals surface area contributed by atoms with Crippen LogP contribution < -0.4 is 5.73 Å². The maximum absolute atomic E-state index is 6.06. The van der Waals surface area contributed by atoms with E-state index in [9.17, 15) is 0 Å². The van der Waals surface area contributed by atoms with Gasteiger partial charge < -0.3 is 5.73 Å². The summed E-state index contributed by atoms with van der Waals surface area (Å²) in [6.45, 7) is 9.96. The van der Waals surface area contributed by atoms with Crippen LogP contribution in [0.25, 0.3) is 10.9 Å². The highest BCUT2D eigenvalue weighted by Crippen LogP contribution is 2.24. The van der Waals surface area contributed by atoms with E-state index in [2.05, 4.69) is 42.8 Å². The molecule has 0 unspecified atom stereocenters. The highest BCUT2D eigenvalue weighted by Gasteiger charge is 2.13. The first-order valence-corrected chi connectivity index (χ1v) is 8.03. The third-order valence-corrected chi connectivity index (χ3v) is 4.40. The Kier molecular flexibility index (Phi) is 5.57. The standard InChI is InChI=1S/C18H27N3/c1-4-14(5-2)12-21(6-3)13-15-9-10-17(19)16-8-7-11-20-18(15)16/h7-11,14H,4-6,12-13,19H2,1-3H3. The Bertz CT molecular complexity index is 576. The zero-order valence-corrected chi connectivity index (χ0v) is 13.5. The van der Waals surface area contributed by atoms with Gasteiger partial charge in [-0.1, -0.05) is 39.7 Å². The van der Waals surface area contributed by atoms with Gasteiger partial charge in [-0.3, -0.25) is 9.88 Å². The maximum atomic E-state index is 6.06. The minimum Gasteiger partial charge on any atom is -0.398 e. The van der Waals surface area contributed by atoms with Crippen LogP contribution in [-0.4, -0.2) is 23.0 Å². The van der Waals surface area contributed by atoms with E-state index in [1.807, 2.05) is 18.3 Å². The van der Waals surface area contributed by atoms with Gasteiger partial charge in [0.25, 0.3) is 0 Å². The first-order valence-electron chi connectivity index (χ1n) is 8.03. The highest BCUT2D eigenvalue weighted by molar-refractivity contribution is 5.92. The Labute approximate surface area is 128 Å². The number of nitrogens with two attached hydrogens (primary N) is 1. The molecule has 0 saturated carbocycles. The summed E-state index contributed by atoms with van der Waals surface area (Å²) in [5.41, 5.74) is 9.18. The number of nitrogen functional groups attached to an aromatic ring is 1. The van der Waals surface area contributed by atoms with E-state index in [1.165, 1.54) is 18.4 Å². The molecule has 0 amide bonds. The number of nitrogens with zero attached hydrogens (tertiary/aromatic N) is 2. The van der Waals surface area contributed by atoms with Gasteiger partial charge in [0.1, 0.15) is 0 Å². The van der Waals surface area contributed by atoms with Crippen molar-refractivity contribution in [2.75, 3.05) is 18.8 Å². The average Bonchev–Trinajstić information content (AvgIpc) is 2.54. The topological polar surface area (TPSA) is 42.1 Å². The number of aromatic nitrogens is 1. The molecule has 1 heterocycles. The summed E-state index contributed by atoms with van der Waals surface area (Å²) in [4.78, 5) is 7.05. The molecule has 1 aromatic carbocycles. The molecule has 0 fully saturated rings. The number of anilines is 1. The molecule has 0 spiro atoms. The molecule has 2 N–H and O–H groups in total. The lowest BCUT2D eigenvalue weighted by atomic mass is 10.0. The second-order valence-electron chi connectivity index (χ2n) is 5.72. The first-order chi connectivity index (χ1) is 10.2. The molecule has 0 radical (unpaired) electrons. The molecule has 114 valence electrons. The van der Waals surface area contributed by atoms with Gasteiger partial charge in [-0.15, -0.1) is 0 Å². The van der Waals surface area contributed by atoms with E-state index in [1.54, 1.807) is 0 Å². The van der Waals surface area contributed by atoms with Crippen molar-refractivity contribution in [1.29, 1.82) is 0 Å². The zero-order valence-electron chi connectivity index (χ0n) is 13.5. The summed E-state index contributed by atoms with van der Waals surface area (Å²) in [5.74, 6) is 0.776. The summed E-state index contributed by atoms with van der Waals surface area (Å²) in [6, 6.07) is 8.13. The van der Waals surface area contributed by atoms with Crippen LogP contribution in [0.1, 0.15) is 39.2 Å². The maximum Gasteiger partial charge on any atom is 0.0767 e. The van der Waals surface area contributed by atoms with Crippen LogP contribution in [-0.2, 0) is 6.54 Å². The monoisotopic (exact) mass is 285 g/mol. The van der Waals surface area contributed by atoms with Crippen molar-refractivity contribution >= 4 is 16.6 Å². The van der Waals surface area contributed by atoms with Crippen LogP contribution in [0.15, 0.2) is 30.5 Å². The summed E-state index contributed by atoms with van der Waals surface area (Å²) in [6.07, 6.45) is 4.34. The highest BCUT2D eigenvalue weighted by atomic mass is 15.1. The van der Waals surface area contributed by atoms with Crippen LogP contribution >= 0.6 is 0 Å². The lowest BCUT2D eigenvalue weighted by molar-refractivity contribution is 0.227. The Morgan fingerprint density at radius 1 is 1.14 bits per heavy atom. The molecule has 0 saturated heterocycles. The fourth-order valence-electron chi connectivity index (χ4n) is 2.84. The lowest BCUT2D eigenvalue weighted by Gasteiger charge is -2.25. The summed E-state index contributed by atoms with van der Waals surface area (Å²) in [7, 11) is 0. The van der Waals surface area contributed by atoms with Gasteiger partial charge in [0.05, 0.1) is 5.52 Å². The van der Waals surface area contributed by atoms with Gasteiger partial charge in [0.15, 0.2) is 0 Å². The van der Waals surface area contributed by atoms with E-state index in [0.717, 1.165) is 42.1 Å². The van der Waals surface area contributed by atoms with Crippen LogP contribution in [0, 0.1) is 5.92 Å². The summed E-state index contributed by atoms with van der Waals surface area (Å²) < 4.78 is 0. The Morgan fingerprint density at radius 2 is 1.90 bits per heavy atom. The Morgan fingerprint density at radius 3 is 2.57 bits per heavy atom. The fraction of sp³-hybridized carbons (Fsp3) is 0.500. The quantitative estimate of drug-likeness (QED) is 0.780. The molecule has 0 aliphatic carbocycles. The molecule has 0 aliphatic rings. The molecule has 1 aromatic heterocycles. The Hall–Kier alpha value is -1.61. The van der Waals surface area contributed by atoms with E-state index in [4.69, 9.17) is 5.73 Å². The van der Waals surface area contributed by atoms with Gasteiger partial charge in [-0.2, -0.15) is 0 Å². The molecule has 0 bridgehead atoms. The van der Waals surface area contributed by atoms with Crippen molar-refractivity contribution in [3.63, 3.8) is 0 Å².